The van der Waals surface area contributed by atoms with Gasteiger partial charge in [0.1, 0.15) is 4.83 Å². The van der Waals surface area contributed by atoms with E-state index < -0.39 is 0 Å². The van der Waals surface area contributed by atoms with E-state index in [1.807, 2.05) is 6.92 Å². The predicted molar refractivity (Wildman–Crippen MR) is 78.1 cm³/mol. The molecule has 0 radical (unpaired) electrons. The van der Waals surface area contributed by atoms with Gasteiger partial charge in [0, 0.05) is 0 Å². The Morgan fingerprint density at radius 3 is 2.61 bits per heavy atom. The molecule has 0 aliphatic heterocycles. The van der Waals surface area contributed by atoms with E-state index in [9.17, 15) is 4.79 Å². The summed E-state index contributed by atoms with van der Waals surface area (Å²) in [5, 5.41) is 0. The van der Waals surface area contributed by atoms with Crippen LogP contribution in [0.2, 0.25) is 0 Å². The van der Waals surface area contributed by atoms with Crippen molar-refractivity contribution in [2.75, 3.05) is 6.61 Å². The molecule has 100 valence electrons. The van der Waals surface area contributed by atoms with Gasteiger partial charge in [0.15, 0.2) is 0 Å². The van der Waals surface area contributed by atoms with Crippen molar-refractivity contribution >= 4 is 21.9 Å². The molecule has 1 atom stereocenters. The number of halogens is 1. The maximum absolute atomic E-state index is 11.5. The molecule has 0 N–H and O–H groups in total. The Balaban J connectivity index is 2.24. The lowest BCUT2D eigenvalue weighted by molar-refractivity contribution is -0.142. The normalized spacial score (nSPS) is 12.2. The predicted octanol–water partition coefficient (Wildman–Crippen LogP) is 4.03. The lowest BCUT2D eigenvalue weighted by Crippen LogP contribution is -2.18. The molecule has 0 saturated carbocycles. The smallest absolute Gasteiger partial charge is 0.319 e. The molecule has 0 aliphatic carbocycles. The third-order valence-electron chi connectivity index (χ3n) is 2.75. The minimum Gasteiger partial charge on any atom is -0.465 e. The van der Waals surface area contributed by atoms with Crippen LogP contribution in [0.4, 0.5) is 0 Å². The van der Waals surface area contributed by atoms with Crippen LogP contribution in [0.3, 0.4) is 0 Å². The van der Waals surface area contributed by atoms with E-state index in [0.717, 1.165) is 25.7 Å². The molecule has 0 aromatic heterocycles. The van der Waals surface area contributed by atoms with Gasteiger partial charge >= 0.3 is 5.97 Å². The zero-order valence-electron chi connectivity index (χ0n) is 11.1. The van der Waals surface area contributed by atoms with Crippen LogP contribution in [0.5, 0.6) is 0 Å². The minimum atomic E-state index is -0.172. The highest BCUT2D eigenvalue weighted by atomic mass is 79.9. The van der Waals surface area contributed by atoms with E-state index in [-0.39, 0.29) is 10.8 Å². The first-order valence-electron chi connectivity index (χ1n) is 6.49. The monoisotopic (exact) mass is 312 g/mol. The number of alkyl halides is 1. The van der Waals surface area contributed by atoms with Crippen LogP contribution in [0.1, 0.15) is 37.3 Å². The number of aryl methyl sites for hydroxylation is 2. The molecule has 0 bridgehead atoms. The van der Waals surface area contributed by atoms with Gasteiger partial charge in [-0.2, -0.15) is 0 Å². The van der Waals surface area contributed by atoms with Gasteiger partial charge < -0.3 is 4.74 Å². The molecule has 18 heavy (non-hydrogen) atoms. The van der Waals surface area contributed by atoms with Crippen molar-refractivity contribution in [3.63, 3.8) is 0 Å². The summed E-state index contributed by atoms with van der Waals surface area (Å²) in [5.74, 6) is -0.138. The zero-order chi connectivity index (χ0) is 13.4. The summed E-state index contributed by atoms with van der Waals surface area (Å²) < 4.78 is 5.09. The zero-order valence-corrected chi connectivity index (χ0v) is 12.7. The van der Waals surface area contributed by atoms with Gasteiger partial charge in [-0.05, 0) is 38.2 Å². The second kappa shape index (κ2) is 8.30. The third-order valence-corrected chi connectivity index (χ3v) is 3.58. The maximum Gasteiger partial charge on any atom is 0.319 e. The number of hydrogen-bond donors (Lipinski definition) is 0. The second-order valence-corrected chi connectivity index (χ2v) is 5.62. The van der Waals surface area contributed by atoms with Crippen LogP contribution in [0.25, 0.3) is 0 Å². The van der Waals surface area contributed by atoms with E-state index in [1.54, 1.807) is 0 Å². The first-order valence-corrected chi connectivity index (χ1v) is 7.41. The van der Waals surface area contributed by atoms with Crippen LogP contribution in [0.15, 0.2) is 24.3 Å². The van der Waals surface area contributed by atoms with Crippen molar-refractivity contribution in [2.24, 2.45) is 0 Å². The molecule has 0 heterocycles. The number of rotatable bonds is 7. The van der Waals surface area contributed by atoms with Crippen LogP contribution in [-0.4, -0.2) is 17.4 Å². The summed E-state index contributed by atoms with van der Waals surface area (Å²) in [6.45, 7) is 4.59. The Morgan fingerprint density at radius 2 is 2.00 bits per heavy atom. The quantitative estimate of drug-likeness (QED) is 0.561. The van der Waals surface area contributed by atoms with Gasteiger partial charge in [-0.1, -0.05) is 52.7 Å². The van der Waals surface area contributed by atoms with Crippen molar-refractivity contribution < 1.29 is 9.53 Å². The molecular formula is C15H21BrO2. The van der Waals surface area contributed by atoms with Gasteiger partial charge in [0.25, 0.3) is 0 Å². The second-order valence-electron chi connectivity index (χ2n) is 4.51. The highest BCUT2D eigenvalue weighted by Crippen LogP contribution is 2.14. The fourth-order valence-electron chi connectivity index (χ4n) is 1.65. The molecule has 2 nitrogen and oxygen atoms in total. The van der Waals surface area contributed by atoms with Gasteiger partial charge in [-0.3, -0.25) is 4.79 Å². The summed E-state index contributed by atoms with van der Waals surface area (Å²) in [5.41, 5.74) is 2.60. The minimum absolute atomic E-state index is 0.138. The Kier molecular flexibility index (Phi) is 7.02. The fourth-order valence-corrected chi connectivity index (χ4v) is 2.11. The van der Waals surface area contributed by atoms with Crippen molar-refractivity contribution in [1.29, 1.82) is 0 Å². The molecule has 3 heteroatoms. The summed E-state index contributed by atoms with van der Waals surface area (Å²) in [7, 11) is 0. The molecule has 0 saturated heterocycles. The average molecular weight is 313 g/mol. The fraction of sp³-hybridized carbons (Fsp3) is 0.533. The Morgan fingerprint density at radius 1 is 1.33 bits per heavy atom. The molecule has 1 aromatic carbocycles. The maximum atomic E-state index is 11.5. The van der Waals surface area contributed by atoms with Crippen LogP contribution < -0.4 is 0 Å². The van der Waals surface area contributed by atoms with Gasteiger partial charge in [-0.25, -0.2) is 0 Å². The number of ether oxygens (including phenoxy) is 1. The van der Waals surface area contributed by atoms with Gasteiger partial charge in [0.2, 0.25) is 0 Å². The van der Waals surface area contributed by atoms with Crippen LogP contribution >= 0.6 is 15.9 Å². The van der Waals surface area contributed by atoms with Crippen molar-refractivity contribution in [2.45, 2.75) is 44.4 Å². The van der Waals surface area contributed by atoms with Gasteiger partial charge in [-0.15, -0.1) is 0 Å². The number of carbonyl (C=O) groups excluding carboxylic acids is 1. The number of hydrogen-bond acceptors (Lipinski definition) is 2. The van der Waals surface area contributed by atoms with E-state index >= 15 is 0 Å². The Hall–Kier alpha value is -0.830. The number of benzene rings is 1. The SMILES string of the molecule is CCCOC(=O)C(Br)CCCc1ccc(C)cc1. The van der Waals surface area contributed by atoms with E-state index in [4.69, 9.17) is 4.74 Å². The van der Waals surface area contributed by atoms with Gasteiger partial charge in [0.05, 0.1) is 6.61 Å². The van der Waals surface area contributed by atoms with Crippen LogP contribution in [-0.2, 0) is 16.0 Å². The Bertz CT molecular complexity index is 359. The largest absolute Gasteiger partial charge is 0.465 e. The van der Waals surface area contributed by atoms with E-state index in [0.29, 0.717) is 6.61 Å². The lowest BCUT2D eigenvalue weighted by Gasteiger charge is -2.09. The summed E-state index contributed by atoms with van der Waals surface area (Å²) in [6, 6.07) is 8.54. The Labute approximate surface area is 118 Å². The number of esters is 1. The first-order chi connectivity index (χ1) is 8.63. The molecule has 1 unspecified atom stereocenters. The molecule has 0 fully saturated rings. The topological polar surface area (TPSA) is 26.3 Å². The van der Waals surface area contributed by atoms with E-state index in [2.05, 4.69) is 47.1 Å². The first kappa shape index (κ1) is 15.2. The average Bonchev–Trinajstić information content (AvgIpc) is 2.38. The lowest BCUT2D eigenvalue weighted by atomic mass is 10.1. The standard InChI is InChI=1S/C15H21BrO2/c1-3-11-18-15(17)14(16)6-4-5-13-9-7-12(2)8-10-13/h7-10,14H,3-6,11H2,1-2H3. The molecular weight excluding hydrogens is 292 g/mol. The highest BCUT2D eigenvalue weighted by Gasteiger charge is 2.15. The molecule has 0 amide bonds. The van der Waals surface area contributed by atoms with Crippen molar-refractivity contribution in [3.8, 4) is 0 Å². The van der Waals surface area contributed by atoms with Crippen molar-refractivity contribution in [3.05, 3.63) is 35.4 Å². The molecule has 1 rings (SSSR count). The van der Waals surface area contributed by atoms with E-state index in [1.165, 1.54) is 11.1 Å². The molecule has 0 aliphatic rings. The highest BCUT2D eigenvalue weighted by molar-refractivity contribution is 9.10. The number of carbonyl (C=O) groups is 1. The molecule has 1 aromatic rings. The summed E-state index contributed by atoms with van der Waals surface area (Å²) in [4.78, 5) is 11.3. The summed E-state index contributed by atoms with van der Waals surface area (Å²) in [6.07, 6.45) is 3.68. The molecule has 0 spiro atoms. The van der Waals surface area contributed by atoms with Crippen molar-refractivity contribution in [1.82, 2.24) is 0 Å². The van der Waals surface area contributed by atoms with Crippen LogP contribution in [0, 0.1) is 6.92 Å². The third kappa shape index (κ3) is 5.67. The summed E-state index contributed by atoms with van der Waals surface area (Å²) >= 11 is 3.38.